The Hall–Kier alpha value is -1.06. The fraction of sp³-hybridized carbons (Fsp3) is 0.500. The Labute approximate surface area is 136 Å². The largest absolute Gasteiger partial charge is 0.298 e. The van der Waals surface area contributed by atoms with Crippen LogP contribution in [-0.2, 0) is 10.0 Å². The number of fused-ring (bicyclic) bond motifs is 3. The fourth-order valence-electron chi connectivity index (χ4n) is 3.44. The van der Waals surface area contributed by atoms with Crippen molar-refractivity contribution in [2.75, 3.05) is 19.6 Å². The summed E-state index contributed by atoms with van der Waals surface area (Å²) in [4.78, 5) is 2.56. The zero-order valence-corrected chi connectivity index (χ0v) is 13.8. The Balaban J connectivity index is 1.63. The predicted molar refractivity (Wildman–Crippen MR) is 87.0 cm³/mol. The SMILES string of the molecule is C#C[C@@H]1CN2CC[C@H]1C[C@@H]2CNS(=O)(=O)c1ccc(Cl)cc1. The van der Waals surface area contributed by atoms with Crippen molar-refractivity contribution in [2.45, 2.75) is 23.8 Å². The third kappa shape index (κ3) is 3.16. The molecule has 1 aromatic rings. The van der Waals surface area contributed by atoms with Gasteiger partial charge in [0.2, 0.25) is 10.0 Å². The second-order valence-electron chi connectivity index (χ2n) is 6.01. The Morgan fingerprint density at radius 3 is 2.68 bits per heavy atom. The summed E-state index contributed by atoms with van der Waals surface area (Å²) >= 11 is 5.79. The van der Waals surface area contributed by atoms with Crippen molar-refractivity contribution in [3.63, 3.8) is 0 Å². The van der Waals surface area contributed by atoms with Gasteiger partial charge in [0.05, 0.1) is 4.90 Å². The Morgan fingerprint density at radius 1 is 1.36 bits per heavy atom. The molecule has 22 heavy (non-hydrogen) atoms. The van der Waals surface area contributed by atoms with Gasteiger partial charge in [-0.05, 0) is 49.6 Å². The lowest BCUT2D eigenvalue weighted by Gasteiger charge is -2.48. The summed E-state index contributed by atoms with van der Waals surface area (Å²) in [5.41, 5.74) is 0. The maximum absolute atomic E-state index is 12.3. The van der Waals surface area contributed by atoms with E-state index < -0.39 is 10.0 Å². The monoisotopic (exact) mass is 338 g/mol. The van der Waals surface area contributed by atoms with Crippen LogP contribution in [0.5, 0.6) is 0 Å². The summed E-state index contributed by atoms with van der Waals surface area (Å²) in [5.74, 6) is 3.71. The van der Waals surface area contributed by atoms with Crippen LogP contribution in [0.15, 0.2) is 29.2 Å². The Morgan fingerprint density at radius 2 is 2.09 bits per heavy atom. The highest BCUT2D eigenvalue weighted by atomic mass is 35.5. The zero-order chi connectivity index (χ0) is 15.7. The molecule has 0 amide bonds. The number of halogens is 1. The van der Waals surface area contributed by atoms with Gasteiger partial charge in [0.15, 0.2) is 0 Å². The lowest BCUT2D eigenvalue weighted by Crippen LogP contribution is -2.56. The van der Waals surface area contributed by atoms with Crippen LogP contribution in [0.1, 0.15) is 12.8 Å². The van der Waals surface area contributed by atoms with E-state index in [0.29, 0.717) is 23.4 Å². The zero-order valence-electron chi connectivity index (χ0n) is 12.2. The summed E-state index contributed by atoms with van der Waals surface area (Å²) in [5, 5.41) is 0.523. The number of hydrogen-bond donors (Lipinski definition) is 1. The average Bonchev–Trinajstić information content (AvgIpc) is 2.54. The molecular weight excluding hydrogens is 320 g/mol. The van der Waals surface area contributed by atoms with E-state index in [1.54, 1.807) is 12.1 Å². The van der Waals surface area contributed by atoms with Crippen molar-refractivity contribution < 1.29 is 8.42 Å². The van der Waals surface area contributed by atoms with Gasteiger partial charge in [-0.3, -0.25) is 4.90 Å². The van der Waals surface area contributed by atoms with Crippen LogP contribution in [0.4, 0.5) is 0 Å². The molecule has 0 aliphatic carbocycles. The number of nitrogens with one attached hydrogen (secondary N) is 1. The van der Waals surface area contributed by atoms with E-state index in [1.807, 2.05) is 0 Å². The molecule has 3 fully saturated rings. The molecule has 3 aliphatic heterocycles. The van der Waals surface area contributed by atoms with Crippen LogP contribution in [0, 0.1) is 24.2 Å². The summed E-state index contributed by atoms with van der Waals surface area (Å²) < 4.78 is 27.3. The number of hydrogen-bond acceptors (Lipinski definition) is 3. The van der Waals surface area contributed by atoms with Crippen molar-refractivity contribution in [1.82, 2.24) is 9.62 Å². The van der Waals surface area contributed by atoms with Gasteiger partial charge < -0.3 is 0 Å². The summed E-state index contributed by atoms with van der Waals surface area (Å²) in [6, 6.07) is 6.45. The van der Waals surface area contributed by atoms with Gasteiger partial charge in [-0.15, -0.1) is 12.3 Å². The molecule has 118 valence electrons. The third-order valence-corrected chi connectivity index (χ3v) is 6.42. The molecular formula is C16H19ClN2O2S. The van der Waals surface area contributed by atoms with Gasteiger partial charge in [-0.1, -0.05) is 11.6 Å². The molecule has 1 N–H and O–H groups in total. The van der Waals surface area contributed by atoms with E-state index in [-0.39, 0.29) is 10.9 Å². The molecule has 1 unspecified atom stereocenters. The quantitative estimate of drug-likeness (QED) is 0.854. The summed E-state index contributed by atoms with van der Waals surface area (Å²) in [6.45, 7) is 2.32. The first-order valence-electron chi connectivity index (χ1n) is 7.45. The third-order valence-electron chi connectivity index (χ3n) is 4.73. The van der Waals surface area contributed by atoms with Gasteiger partial charge >= 0.3 is 0 Å². The standard InChI is InChI=1S/C16H19ClN2O2S/c1-2-12-11-19-8-7-13(12)9-15(19)10-18-22(20,21)16-5-3-14(17)4-6-16/h1,3-6,12-13,15,18H,7-11H2/t12-,13+,15-/m1/s1. The highest BCUT2D eigenvalue weighted by Gasteiger charge is 2.39. The van der Waals surface area contributed by atoms with E-state index in [1.165, 1.54) is 12.1 Å². The normalized spacial score (nSPS) is 30.9. The molecule has 3 saturated heterocycles. The van der Waals surface area contributed by atoms with Crippen LogP contribution >= 0.6 is 11.6 Å². The molecule has 0 aromatic heterocycles. The van der Waals surface area contributed by atoms with Crippen LogP contribution < -0.4 is 4.72 Å². The molecule has 0 radical (unpaired) electrons. The number of benzene rings is 1. The smallest absolute Gasteiger partial charge is 0.240 e. The van der Waals surface area contributed by atoms with Crippen molar-refractivity contribution >= 4 is 21.6 Å². The molecule has 3 heterocycles. The van der Waals surface area contributed by atoms with Crippen LogP contribution in [0.3, 0.4) is 0 Å². The van der Waals surface area contributed by atoms with E-state index in [2.05, 4.69) is 15.5 Å². The van der Waals surface area contributed by atoms with Crippen molar-refractivity contribution in [3.05, 3.63) is 29.3 Å². The highest BCUT2D eigenvalue weighted by Crippen LogP contribution is 2.35. The topological polar surface area (TPSA) is 49.4 Å². The minimum absolute atomic E-state index is 0.241. The molecule has 1 aromatic carbocycles. The molecule has 4 rings (SSSR count). The molecule has 3 aliphatic rings. The minimum Gasteiger partial charge on any atom is -0.298 e. The number of piperidine rings is 3. The van der Waals surface area contributed by atoms with Gasteiger partial charge in [-0.25, -0.2) is 13.1 Å². The Kier molecular flexibility index (Phi) is 4.47. The average molecular weight is 339 g/mol. The van der Waals surface area contributed by atoms with E-state index in [4.69, 9.17) is 18.0 Å². The predicted octanol–water partition coefficient (Wildman–Crippen LogP) is 1.96. The molecule has 4 nitrogen and oxygen atoms in total. The van der Waals surface area contributed by atoms with Gasteiger partial charge in [0.1, 0.15) is 0 Å². The first-order chi connectivity index (χ1) is 10.5. The van der Waals surface area contributed by atoms with E-state index >= 15 is 0 Å². The van der Waals surface area contributed by atoms with Crippen molar-refractivity contribution in [2.24, 2.45) is 11.8 Å². The lowest BCUT2D eigenvalue weighted by atomic mass is 9.76. The number of nitrogens with zero attached hydrogens (tertiary/aromatic N) is 1. The maximum Gasteiger partial charge on any atom is 0.240 e. The molecule has 0 saturated carbocycles. The molecule has 2 bridgehead atoms. The van der Waals surface area contributed by atoms with Gasteiger partial charge in [0.25, 0.3) is 0 Å². The number of terminal acetylenes is 1. The lowest BCUT2D eigenvalue weighted by molar-refractivity contribution is 0.0251. The second-order valence-corrected chi connectivity index (χ2v) is 8.22. The highest BCUT2D eigenvalue weighted by molar-refractivity contribution is 7.89. The van der Waals surface area contributed by atoms with Gasteiger partial charge in [0, 0.05) is 30.1 Å². The first kappa shape index (κ1) is 15.8. The Bertz CT molecular complexity index is 681. The first-order valence-corrected chi connectivity index (χ1v) is 9.31. The van der Waals surface area contributed by atoms with Crippen LogP contribution in [0.2, 0.25) is 5.02 Å². The minimum atomic E-state index is -3.49. The van der Waals surface area contributed by atoms with Crippen LogP contribution in [-0.4, -0.2) is 39.0 Å². The molecule has 6 heteroatoms. The maximum atomic E-state index is 12.3. The molecule has 4 atom stereocenters. The summed E-state index contributed by atoms with van der Waals surface area (Å²) in [7, 11) is -3.49. The van der Waals surface area contributed by atoms with Gasteiger partial charge in [-0.2, -0.15) is 0 Å². The molecule has 0 spiro atoms. The van der Waals surface area contributed by atoms with E-state index in [0.717, 1.165) is 25.9 Å². The fourth-order valence-corrected chi connectivity index (χ4v) is 4.64. The number of sulfonamides is 1. The van der Waals surface area contributed by atoms with E-state index in [9.17, 15) is 8.42 Å². The van der Waals surface area contributed by atoms with Crippen LogP contribution in [0.25, 0.3) is 0 Å². The van der Waals surface area contributed by atoms with Crippen molar-refractivity contribution in [3.8, 4) is 12.3 Å². The second kappa shape index (κ2) is 6.21. The van der Waals surface area contributed by atoms with Crippen molar-refractivity contribution in [1.29, 1.82) is 0 Å². The number of rotatable bonds is 4. The summed E-state index contributed by atoms with van der Waals surface area (Å²) in [6.07, 6.45) is 7.66.